The number of hydrogen-bond donors (Lipinski definition) is 3. The Labute approximate surface area is 279 Å². The largest absolute Gasteiger partial charge is 0.439 e. The lowest BCUT2D eigenvalue weighted by Crippen LogP contribution is -2.49. The lowest BCUT2D eigenvalue weighted by atomic mass is 10.0. The number of aryl methyl sites for hydroxylation is 1. The SMILES string of the molecule is Cc1cccc(N(C(=O)Nc2ccc(F)c(C(N)=O)c2)C2CCN(Cc3ccc(Oc4ccc(NS(C)(=O)=O)cc4)nc3)CC2)c1.Cl. The van der Waals surface area contributed by atoms with E-state index in [-0.39, 0.29) is 35.7 Å². The molecule has 0 radical (unpaired) electrons. The number of pyridine rings is 1. The normalized spacial score (nSPS) is 13.7. The van der Waals surface area contributed by atoms with Crippen LogP contribution < -0.4 is 25.4 Å². The molecule has 1 fully saturated rings. The van der Waals surface area contributed by atoms with Crippen LogP contribution in [-0.2, 0) is 16.6 Å². The number of nitrogens with one attached hydrogen (secondary N) is 2. The van der Waals surface area contributed by atoms with E-state index in [0.717, 1.165) is 55.1 Å². The van der Waals surface area contributed by atoms with Gasteiger partial charge in [0, 0.05) is 55.0 Å². The molecule has 1 aliphatic heterocycles. The Kier molecular flexibility index (Phi) is 11.4. The molecule has 0 atom stereocenters. The zero-order valence-corrected chi connectivity index (χ0v) is 27.5. The molecule has 47 heavy (non-hydrogen) atoms. The topological polar surface area (TPSA) is 147 Å². The second-order valence-electron chi connectivity index (χ2n) is 11.2. The van der Waals surface area contributed by atoms with E-state index in [9.17, 15) is 22.4 Å². The van der Waals surface area contributed by atoms with Crippen molar-refractivity contribution in [1.29, 1.82) is 0 Å². The van der Waals surface area contributed by atoms with Gasteiger partial charge in [-0.2, -0.15) is 0 Å². The van der Waals surface area contributed by atoms with E-state index in [0.29, 0.717) is 23.9 Å². The fraction of sp³-hybridized carbons (Fsp3) is 0.242. The van der Waals surface area contributed by atoms with Gasteiger partial charge in [0.05, 0.1) is 11.8 Å². The van der Waals surface area contributed by atoms with Gasteiger partial charge in [-0.05, 0) is 85.5 Å². The first-order valence-corrected chi connectivity index (χ1v) is 16.5. The van der Waals surface area contributed by atoms with Crippen molar-refractivity contribution >= 4 is 51.4 Å². The fourth-order valence-electron chi connectivity index (χ4n) is 5.33. The quantitative estimate of drug-likeness (QED) is 0.188. The second-order valence-corrected chi connectivity index (χ2v) is 13.0. The Morgan fingerprint density at radius 3 is 2.34 bits per heavy atom. The zero-order chi connectivity index (χ0) is 32.8. The van der Waals surface area contributed by atoms with Gasteiger partial charge in [0.25, 0.3) is 5.91 Å². The van der Waals surface area contributed by atoms with Crippen LogP contribution in [0.25, 0.3) is 0 Å². The van der Waals surface area contributed by atoms with Crippen LogP contribution in [0, 0.1) is 12.7 Å². The van der Waals surface area contributed by atoms with E-state index < -0.39 is 21.7 Å². The summed E-state index contributed by atoms with van der Waals surface area (Å²) in [5.74, 6) is -0.724. The van der Waals surface area contributed by atoms with Crippen LogP contribution in [0.2, 0.25) is 0 Å². The third-order valence-electron chi connectivity index (χ3n) is 7.49. The summed E-state index contributed by atoms with van der Waals surface area (Å²) in [4.78, 5) is 33.7. The molecule has 3 aromatic carbocycles. The van der Waals surface area contributed by atoms with Crippen molar-refractivity contribution in [1.82, 2.24) is 9.88 Å². The average molecular weight is 683 g/mol. The summed E-state index contributed by atoms with van der Waals surface area (Å²) in [6.45, 7) is 4.12. The van der Waals surface area contributed by atoms with Crippen molar-refractivity contribution in [2.45, 2.75) is 32.4 Å². The summed E-state index contributed by atoms with van der Waals surface area (Å²) in [7, 11) is -3.36. The van der Waals surface area contributed by atoms with E-state index in [2.05, 4.69) is 19.9 Å². The van der Waals surface area contributed by atoms with Crippen molar-refractivity contribution in [3.63, 3.8) is 0 Å². The molecule has 4 N–H and O–H groups in total. The Hall–Kier alpha value is -4.72. The van der Waals surface area contributed by atoms with Crippen molar-refractivity contribution in [2.75, 3.05) is 34.3 Å². The number of hydrogen-bond acceptors (Lipinski definition) is 7. The second kappa shape index (κ2) is 15.2. The number of ether oxygens (including phenoxy) is 1. The molecule has 0 unspecified atom stereocenters. The minimum atomic E-state index is -3.36. The van der Waals surface area contributed by atoms with Gasteiger partial charge in [0.1, 0.15) is 11.6 Å². The van der Waals surface area contributed by atoms with Crippen LogP contribution in [0.15, 0.2) is 85.1 Å². The number of anilines is 3. The highest BCUT2D eigenvalue weighted by Crippen LogP contribution is 2.28. The molecule has 14 heteroatoms. The molecule has 248 valence electrons. The Bertz CT molecular complexity index is 1820. The number of benzene rings is 3. The molecule has 1 saturated heterocycles. The molecule has 4 aromatic rings. The van der Waals surface area contributed by atoms with E-state index >= 15 is 0 Å². The number of nitrogens with two attached hydrogens (primary N) is 1. The number of primary amides is 1. The number of amides is 3. The van der Waals surface area contributed by atoms with Gasteiger partial charge in [0.2, 0.25) is 15.9 Å². The summed E-state index contributed by atoms with van der Waals surface area (Å²) in [5, 5.41) is 2.82. The predicted molar refractivity (Wildman–Crippen MR) is 182 cm³/mol. The van der Waals surface area contributed by atoms with E-state index in [1.54, 1.807) is 41.4 Å². The molecule has 2 heterocycles. The van der Waals surface area contributed by atoms with Crippen molar-refractivity contribution in [3.05, 3.63) is 108 Å². The van der Waals surface area contributed by atoms with Crippen LogP contribution in [0.5, 0.6) is 11.6 Å². The molecule has 5 rings (SSSR count). The fourth-order valence-corrected chi connectivity index (χ4v) is 5.90. The number of halogens is 2. The van der Waals surface area contributed by atoms with Crippen molar-refractivity contribution < 1.29 is 27.1 Å². The number of nitrogens with zero attached hydrogens (tertiary/aromatic N) is 3. The van der Waals surface area contributed by atoms with Crippen LogP contribution in [0.3, 0.4) is 0 Å². The molecule has 0 saturated carbocycles. The number of sulfonamides is 1. The summed E-state index contributed by atoms with van der Waals surface area (Å²) < 4.78 is 45.0. The maximum absolute atomic E-state index is 14.0. The highest BCUT2D eigenvalue weighted by atomic mass is 35.5. The first kappa shape index (κ1) is 35.1. The lowest BCUT2D eigenvalue weighted by molar-refractivity contribution is 0.0996. The smallest absolute Gasteiger partial charge is 0.326 e. The van der Waals surface area contributed by atoms with Crippen molar-refractivity contribution in [3.8, 4) is 11.6 Å². The molecule has 0 spiro atoms. The summed E-state index contributed by atoms with van der Waals surface area (Å²) in [6.07, 6.45) is 4.29. The summed E-state index contributed by atoms with van der Waals surface area (Å²) in [6, 6.07) is 21.2. The molecular weight excluding hydrogens is 647 g/mol. The molecule has 0 aliphatic carbocycles. The molecule has 3 amide bonds. The number of carbonyl (C=O) groups is 2. The molecule has 1 aliphatic rings. The van der Waals surface area contributed by atoms with Gasteiger partial charge in [-0.15, -0.1) is 12.4 Å². The van der Waals surface area contributed by atoms with Gasteiger partial charge in [-0.3, -0.25) is 19.3 Å². The van der Waals surface area contributed by atoms with E-state index in [1.165, 1.54) is 12.1 Å². The number of rotatable bonds is 10. The lowest BCUT2D eigenvalue weighted by Gasteiger charge is -2.38. The highest BCUT2D eigenvalue weighted by molar-refractivity contribution is 7.92. The standard InChI is InChI=1S/C33H35FN6O5S.ClH/c1-22-4-3-5-27(18-22)40(33(42)37-25-9-12-30(34)29(19-25)32(35)41)26-14-16-39(17-15-26)21-23-6-13-31(36-20-23)45-28-10-7-24(8-11-28)38-46(2,43)44;/h3-13,18-20,26,38H,14-17,21H2,1-2H3,(H2,35,41)(H,37,42);1H. The van der Waals surface area contributed by atoms with Crippen LogP contribution >= 0.6 is 12.4 Å². The van der Waals surface area contributed by atoms with E-state index in [1.807, 2.05) is 37.3 Å². The number of piperidine rings is 1. The molecular formula is C33H36ClFN6O5S. The highest BCUT2D eigenvalue weighted by Gasteiger charge is 2.30. The van der Waals surface area contributed by atoms with Crippen LogP contribution in [-0.4, -0.2) is 55.6 Å². The first-order valence-electron chi connectivity index (χ1n) is 14.6. The van der Waals surface area contributed by atoms with Gasteiger partial charge in [-0.1, -0.05) is 18.2 Å². The number of aromatic nitrogens is 1. The Balaban J connectivity index is 0.00000500. The third-order valence-corrected chi connectivity index (χ3v) is 8.09. The van der Waals surface area contributed by atoms with Gasteiger partial charge >= 0.3 is 6.03 Å². The number of urea groups is 1. The molecule has 1 aromatic heterocycles. The van der Waals surface area contributed by atoms with Crippen LogP contribution in [0.1, 0.15) is 34.3 Å². The van der Waals surface area contributed by atoms with Gasteiger partial charge in [-0.25, -0.2) is 22.6 Å². The molecule has 11 nitrogen and oxygen atoms in total. The molecule has 0 bridgehead atoms. The number of carbonyl (C=O) groups excluding carboxylic acids is 2. The Morgan fingerprint density at radius 2 is 1.72 bits per heavy atom. The minimum absolute atomic E-state index is 0. The van der Waals surface area contributed by atoms with E-state index in [4.69, 9.17) is 10.5 Å². The third kappa shape index (κ3) is 9.64. The minimum Gasteiger partial charge on any atom is -0.439 e. The van der Waals surface area contributed by atoms with Gasteiger partial charge < -0.3 is 15.8 Å². The Morgan fingerprint density at radius 1 is 1.02 bits per heavy atom. The zero-order valence-electron chi connectivity index (χ0n) is 25.9. The predicted octanol–water partition coefficient (Wildman–Crippen LogP) is 5.92. The average Bonchev–Trinajstić information content (AvgIpc) is 3.00. The monoisotopic (exact) mass is 682 g/mol. The van der Waals surface area contributed by atoms with Gasteiger partial charge in [0.15, 0.2) is 0 Å². The maximum atomic E-state index is 14.0. The maximum Gasteiger partial charge on any atom is 0.326 e. The first-order chi connectivity index (χ1) is 21.9. The van der Waals surface area contributed by atoms with Crippen LogP contribution in [0.4, 0.5) is 26.2 Å². The van der Waals surface area contributed by atoms with Crippen molar-refractivity contribution in [2.24, 2.45) is 5.73 Å². The summed E-state index contributed by atoms with van der Waals surface area (Å²) in [5.41, 5.74) is 8.47. The number of likely N-dealkylation sites (tertiary alicyclic amines) is 1. The summed E-state index contributed by atoms with van der Waals surface area (Å²) >= 11 is 0.